The zero-order valence-electron chi connectivity index (χ0n) is 11.5. The molecule has 1 aliphatic heterocycles. The highest BCUT2D eigenvalue weighted by molar-refractivity contribution is 5.14. The number of hydrogen-bond donors (Lipinski definition) is 0. The standard InChI is InChI=1S/C15H24N2O/c1-16-9-10-17(13-15(16)8-11-18-2)12-14-6-4-3-5-7-14/h3-7,15H,8-13H2,1-2H3/t15-/m0/s1. The number of nitrogens with zero attached hydrogens (tertiary/aromatic N) is 2. The fourth-order valence-electron chi connectivity index (χ4n) is 2.56. The lowest BCUT2D eigenvalue weighted by Gasteiger charge is -2.39. The molecule has 0 unspecified atom stereocenters. The van der Waals surface area contributed by atoms with Gasteiger partial charge >= 0.3 is 0 Å². The second kappa shape index (κ2) is 6.88. The van der Waals surface area contributed by atoms with Gasteiger partial charge in [0.15, 0.2) is 0 Å². The van der Waals surface area contributed by atoms with Crippen molar-refractivity contribution in [2.45, 2.75) is 19.0 Å². The number of rotatable bonds is 5. The molecule has 1 aliphatic rings. The molecule has 0 aliphatic carbocycles. The third kappa shape index (κ3) is 3.80. The molecular formula is C15H24N2O. The van der Waals surface area contributed by atoms with Crippen LogP contribution in [-0.4, -0.2) is 56.2 Å². The molecule has 100 valence electrons. The number of piperazine rings is 1. The summed E-state index contributed by atoms with van der Waals surface area (Å²) in [6, 6.07) is 11.4. The summed E-state index contributed by atoms with van der Waals surface area (Å²) in [5, 5.41) is 0. The minimum atomic E-state index is 0.627. The maximum absolute atomic E-state index is 5.20. The maximum Gasteiger partial charge on any atom is 0.0477 e. The van der Waals surface area contributed by atoms with Crippen molar-refractivity contribution in [2.75, 3.05) is 40.4 Å². The summed E-state index contributed by atoms with van der Waals surface area (Å²) in [6.07, 6.45) is 1.12. The molecule has 0 radical (unpaired) electrons. The summed E-state index contributed by atoms with van der Waals surface area (Å²) in [5.74, 6) is 0. The summed E-state index contributed by atoms with van der Waals surface area (Å²) in [6.45, 7) is 5.39. The van der Waals surface area contributed by atoms with Crippen LogP contribution in [-0.2, 0) is 11.3 Å². The molecule has 1 atom stereocenters. The first kappa shape index (κ1) is 13.5. The van der Waals surface area contributed by atoms with Crippen molar-refractivity contribution in [1.82, 2.24) is 9.80 Å². The van der Waals surface area contributed by atoms with Crippen molar-refractivity contribution in [3.63, 3.8) is 0 Å². The van der Waals surface area contributed by atoms with Crippen LogP contribution in [0.15, 0.2) is 30.3 Å². The minimum Gasteiger partial charge on any atom is -0.385 e. The largest absolute Gasteiger partial charge is 0.385 e. The maximum atomic E-state index is 5.20. The Labute approximate surface area is 110 Å². The van der Waals surface area contributed by atoms with Crippen molar-refractivity contribution in [2.24, 2.45) is 0 Å². The third-order valence-electron chi connectivity index (χ3n) is 3.77. The van der Waals surface area contributed by atoms with Gasteiger partial charge in [0.1, 0.15) is 0 Å². The zero-order valence-corrected chi connectivity index (χ0v) is 11.5. The first-order chi connectivity index (χ1) is 8.79. The van der Waals surface area contributed by atoms with E-state index in [2.05, 4.69) is 47.2 Å². The van der Waals surface area contributed by atoms with Crippen molar-refractivity contribution < 1.29 is 4.74 Å². The summed E-state index contributed by atoms with van der Waals surface area (Å²) in [5.41, 5.74) is 1.41. The highest BCUT2D eigenvalue weighted by atomic mass is 16.5. The van der Waals surface area contributed by atoms with E-state index in [0.717, 1.165) is 39.2 Å². The number of ether oxygens (including phenoxy) is 1. The first-order valence-corrected chi connectivity index (χ1v) is 6.75. The van der Waals surface area contributed by atoms with E-state index >= 15 is 0 Å². The first-order valence-electron chi connectivity index (χ1n) is 6.75. The van der Waals surface area contributed by atoms with Gasteiger partial charge in [-0.3, -0.25) is 4.90 Å². The Morgan fingerprint density at radius 3 is 2.72 bits per heavy atom. The van der Waals surface area contributed by atoms with E-state index in [-0.39, 0.29) is 0 Å². The lowest BCUT2D eigenvalue weighted by atomic mass is 10.1. The molecule has 1 saturated heterocycles. The SMILES string of the molecule is COCC[C@H]1CN(Cc2ccccc2)CCN1C. The Balaban J connectivity index is 1.87. The van der Waals surface area contributed by atoms with E-state index in [1.807, 2.05) is 0 Å². The van der Waals surface area contributed by atoms with Gasteiger partial charge < -0.3 is 9.64 Å². The third-order valence-corrected chi connectivity index (χ3v) is 3.77. The van der Waals surface area contributed by atoms with Crippen LogP contribution in [0, 0.1) is 0 Å². The van der Waals surface area contributed by atoms with E-state index in [9.17, 15) is 0 Å². The molecule has 0 saturated carbocycles. The van der Waals surface area contributed by atoms with Gasteiger partial charge in [-0.15, -0.1) is 0 Å². The van der Waals surface area contributed by atoms with Crippen LogP contribution >= 0.6 is 0 Å². The molecule has 1 heterocycles. The average molecular weight is 248 g/mol. The van der Waals surface area contributed by atoms with Gasteiger partial charge in [0, 0.05) is 45.9 Å². The van der Waals surface area contributed by atoms with E-state index in [0.29, 0.717) is 6.04 Å². The van der Waals surface area contributed by atoms with E-state index in [4.69, 9.17) is 4.74 Å². The number of likely N-dealkylation sites (N-methyl/N-ethyl adjacent to an activating group) is 1. The van der Waals surface area contributed by atoms with Crippen LogP contribution < -0.4 is 0 Å². The van der Waals surface area contributed by atoms with Gasteiger partial charge in [-0.2, -0.15) is 0 Å². The molecule has 1 aromatic rings. The molecule has 2 rings (SSSR count). The number of benzene rings is 1. The Hall–Kier alpha value is -0.900. The van der Waals surface area contributed by atoms with Crippen LogP contribution in [0.25, 0.3) is 0 Å². The molecule has 1 aromatic carbocycles. The zero-order chi connectivity index (χ0) is 12.8. The van der Waals surface area contributed by atoms with E-state index in [1.54, 1.807) is 7.11 Å². The van der Waals surface area contributed by atoms with Gasteiger partial charge in [-0.25, -0.2) is 0 Å². The van der Waals surface area contributed by atoms with Crippen LogP contribution in [0.1, 0.15) is 12.0 Å². The fraction of sp³-hybridized carbons (Fsp3) is 0.600. The second-order valence-electron chi connectivity index (χ2n) is 5.14. The van der Waals surface area contributed by atoms with Crippen molar-refractivity contribution >= 4 is 0 Å². The van der Waals surface area contributed by atoms with Gasteiger partial charge in [-0.1, -0.05) is 30.3 Å². The monoisotopic (exact) mass is 248 g/mol. The topological polar surface area (TPSA) is 15.7 Å². The Bertz CT molecular complexity index is 342. The molecule has 1 fully saturated rings. The summed E-state index contributed by atoms with van der Waals surface area (Å²) < 4.78 is 5.20. The molecular weight excluding hydrogens is 224 g/mol. The highest BCUT2D eigenvalue weighted by Gasteiger charge is 2.23. The molecule has 0 bridgehead atoms. The molecule has 0 spiro atoms. The van der Waals surface area contributed by atoms with Crippen molar-refractivity contribution in [3.05, 3.63) is 35.9 Å². The van der Waals surface area contributed by atoms with Crippen LogP contribution in [0.3, 0.4) is 0 Å². The van der Waals surface area contributed by atoms with Crippen molar-refractivity contribution in [1.29, 1.82) is 0 Å². The Morgan fingerprint density at radius 2 is 2.00 bits per heavy atom. The summed E-state index contributed by atoms with van der Waals surface area (Å²) in [4.78, 5) is 5.01. The minimum absolute atomic E-state index is 0.627. The van der Waals surface area contributed by atoms with E-state index in [1.165, 1.54) is 5.56 Å². The summed E-state index contributed by atoms with van der Waals surface area (Å²) in [7, 11) is 4.00. The lowest BCUT2D eigenvalue weighted by molar-refractivity contribution is 0.0666. The molecule has 18 heavy (non-hydrogen) atoms. The second-order valence-corrected chi connectivity index (χ2v) is 5.14. The van der Waals surface area contributed by atoms with Crippen LogP contribution in [0.5, 0.6) is 0 Å². The van der Waals surface area contributed by atoms with Gasteiger partial charge in [0.25, 0.3) is 0 Å². The highest BCUT2D eigenvalue weighted by Crippen LogP contribution is 2.14. The van der Waals surface area contributed by atoms with Gasteiger partial charge in [0.05, 0.1) is 0 Å². The van der Waals surface area contributed by atoms with Gasteiger partial charge in [0.2, 0.25) is 0 Å². The Kier molecular flexibility index (Phi) is 5.17. The fourth-order valence-corrected chi connectivity index (χ4v) is 2.56. The quantitative estimate of drug-likeness (QED) is 0.791. The molecule has 0 amide bonds. The predicted octanol–water partition coefficient (Wildman–Crippen LogP) is 1.84. The normalized spacial score (nSPS) is 22.2. The van der Waals surface area contributed by atoms with Gasteiger partial charge in [-0.05, 0) is 19.0 Å². The van der Waals surface area contributed by atoms with Crippen LogP contribution in [0.2, 0.25) is 0 Å². The Morgan fingerprint density at radius 1 is 1.22 bits per heavy atom. The number of hydrogen-bond acceptors (Lipinski definition) is 3. The smallest absolute Gasteiger partial charge is 0.0477 e. The molecule has 3 heteroatoms. The predicted molar refractivity (Wildman–Crippen MR) is 74.6 cm³/mol. The van der Waals surface area contributed by atoms with Crippen LogP contribution in [0.4, 0.5) is 0 Å². The molecule has 0 N–H and O–H groups in total. The van der Waals surface area contributed by atoms with E-state index < -0.39 is 0 Å². The average Bonchev–Trinajstić information content (AvgIpc) is 2.40. The number of methoxy groups -OCH3 is 1. The molecule has 0 aromatic heterocycles. The lowest BCUT2D eigenvalue weighted by Crippen LogP contribution is -2.51. The summed E-state index contributed by atoms with van der Waals surface area (Å²) >= 11 is 0. The molecule has 3 nitrogen and oxygen atoms in total. The van der Waals surface area contributed by atoms with Crippen molar-refractivity contribution in [3.8, 4) is 0 Å².